The number of amides is 2. The maximum absolute atomic E-state index is 12.9. The summed E-state index contributed by atoms with van der Waals surface area (Å²) in [4.78, 5) is 40.1. The molecule has 2 amide bonds. The van der Waals surface area contributed by atoms with Gasteiger partial charge in [-0.15, -0.1) is 0 Å². The van der Waals surface area contributed by atoms with Crippen LogP contribution in [-0.2, 0) is 9.59 Å². The summed E-state index contributed by atoms with van der Waals surface area (Å²) < 4.78 is 5.73. The summed E-state index contributed by atoms with van der Waals surface area (Å²) in [6.07, 6.45) is 5.42. The molecule has 2 aliphatic rings. The maximum Gasteiger partial charge on any atom is 0.335 e. The second-order valence-electron chi connectivity index (χ2n) is 7.79. The molecule has 1 aliphatic carbocycles. The highest BCUT2D eigenvalue weighted by molar-refractivity contribution is 6.06. The third kappa shape index (κ3) is 3.77. The lowest BCUT2D eigenvalue weighted by atomic mass is 9.94. The first-order chi connectivity index (χ1) is 12.7. The highest BCUT2D eigenvalue weighted by Gasteiger charge is 2.42. The Labute approximate surface area is 158 Å². The molecular formula is C20H26N2O5. The normalized spacial score (nSPS) is 19.2. The molecular weight excluding hydrogens is 348 g/mol. The lowest BCUT2D eigenvalue weighted by molar-refractivity contribution is -0.137. The van der Waals surface area contributed by atoms with Crippen LogP contribution in [0.2, 0.25) is 0 Å². The molecule has 146 valence electrons. The smallest absolute Gasteiger partial charge is 0.335 e. The molecule has 1 fully saturated rings. The largest absolute Gasteiger partial charge is 0.478 e. The average Bonchev–Trinajstić information content (AvgIpc) is 2.64. The number of carboxylic acid groups (broad SMARTS) is 1. The van der Waals surface area contributed by atoms with Crippen molar-refractivity contribution in [3.8, 4) is 5.75 Å². The number of carbonyl (C=O) groups is 3. The number of hydrogen-bond donors (Lipinski definition) is 1. The quantitative estimate of drug-likeness (QED) is 0.875. The first-order valence-electron chi connectivity index (χ1n) is 9.34. The molecule has 0 aromatic heterocycles. The molecule has 1 saturated carbocycles. The fraction of sp³-hybridized carbons (Fsp3) is 0.550. The predicted octanol–water partition coefficient (Wildman–Crippen LogP) is 2.68. The zero-order valence-electron chi connectivity index (χ0n) is 16.0. The van der Waals surface area contributed by atoms with E-state index in [0.29, 0.717) is 11.4 Å². The molecule has 1 N–H and O–H groups in total. The lowest BCUT2D eigenvalue weighted by Crippen LogP contribution is -2.55. The van der Waals surface area contributed by atoms with Crippen LogP contribution in [0.15, 0.2) is 18.2 Å². The van der Waals surface area contributed by atoms with E-state index in [1.54, 1.807) is 25.8 Å². The van der Waals surface area contributed by atoms with Gasteiger partial charge in [-0.2, -0.15) is 0 Å². The number of hydrogen-bond acceptors (Lipinski definition) is 4. The van der Waals surface area contributed by atoms with E-state index in [2.05, 4.69) is 0 Å². The van der Waals surface area contributed by atoms with Crippen LogP contribution in [0.5, 0.6) is 5.75 Å². The van der Waals surface area contributed by atoms with Gasteiger partial charge in [0.25, 0.3) is 5.91 Å². The number of anilines is 1. The highest BCUT2D eigenvalue weighted by Crippen LogP contribution is 2.38. The van der Waals surface area contributed by atoms with Crippen molar-refractivity contribution in [1.29, 1.82) is 0 Å². The third-order valence-electron chi connectivity index (χ3n) is 5.43. The molecule has 0 spiro atoms. The van der Waals surface area contributed by atoms with Crippen LogP contribution in [-0.4, -0.2) is 53.0 Å². The summed E-state index contributed by atoms with van der Waals surface area (Å²) in [5.74, 6) is -1.21. The van der Waals surface area contributed by atoms with Gasteiger partial charge in [0.05, 0.1) is 11.3 Å². The first-order valence-corrected chi connectivity index (χ1v) is 9.34. The molecule has 7 heteroatoms. The van der Waals surface area contributed by atoms with Crippen LogP contribution in [0.4, 0.5) is 5.69 Å². The Morgan fingerprint density at radius 2 is 1.93 bits per heavy atom. The van der Waals surface area contributed by atoms with Crippen molar-refractivity contribution in [2.24, 2.45) is 0 Å². The number of carbonyl (C=O) groups excluding carboxylic acids is 2. The number of nitrogens with zero attached hydrogens (tertiary/aromatic N) is 2. The molecule has 0 bridgehead atoms. The summed E-state index contributed by atoms with van der Waals surface area (Å²) in [5.41, 5.74) is -0.674. The van der Waals surface area contributed by atoms with Gasteiger partial charge in [-0.1, -0.05) is 19.3 Å². The van der Waals surface area contributed by atoms with E-state index in [4.69, 9.17) is 4.74 Å². The van der Waals surface area contributed by atoms with Crippen LogP contribution in [0.3, 0.4) is 0 Å². The number of rotatable bonds is 4. The highest BCUT2D eigenvalue weighted by atomic mass is 16.5. The standard InChI is InChI=1S/C20H26N2O5/c1-20(2)19(26)22(12-17(23)21(3)14-7-5-4-6-8-14)15-10-9-13(18(24)25)11-16(15)27-20/h9-11,14H,4-8,12H2,1-3H3,(H,24,25). The minimum atomic E-state index is -1.17. The number of fused-ring (bicyclic) bond motifs is 1. The van der Waals surface area contributed by atoms with Crippen LogP contribution in [0.25, 0.3) is 0 Å². The molecule has 0 radical (unpaired) electrons. The second kappa shape index (κ2) is 7.21. The van der Waals surface area contributed by atoms with E-state index in [1.165, 1.54) is 29.5 Å². The van der Waals surface area contributed by atoms with Crippen LogP contribution >= 0.6 is 0 Å². The molecule has 7 nitrogen and oxygen atoms in total. The van der Waals surface area contributed by atoms with Gasteiger partial charge in [0.2, 0.25) is 5.91 Å². The van der Waals surface area contributed by atoms with Gasteiger partial charge in [-0.25, -0.2) is 4.79 Å². The Kier molecular flexibility index (Phi) is 5.13. The van der Waals surface area contributed by atoms with E-state index >= 15 is 0 Å². The minimum Gasteiger partial charge on any atom is -0.478 e. The topological polar surface area (TPSA) is 87.2 Å². The van der Waals surface area contributed by atoms with Crippen LogP contribution < -0.4 is 9.64 Å². The van der Waals surface area contributed by atoms with Gasteiger partial charge in [0, 0.05) is 13.1 Å². The minimum absolute atomic E-state index is 0.0736. The van der Waals surface area contributed by atoms with Gasteiger partial charge in [-0.05, 0) is 44.9 Å². The predicted molar refractivity (Wildman–Crippen MR) is 100 cm³/mol. The number of carboxylic acids is 1. The van der Waals surface area contributed by atoms with Crippen LogP contribution in [0, 0.1) is 0 Å². The zero-order valence-corrected chi connectivity index (χ0v) is 16.0. The van der Waals surface area contributed by atoms with Crippen molar-refractivity contribution in [3.05, 3.63) is 23.8 Å². The van der Waals surface area contributed by atoms with Crippen molar-refractivity contribution in [2.75, 3.05) is 18.5 Å². The molecule has 3 rings (SSSR count). The van der Waals surface area contributed by atoms with Gasteiger partial charge in [0.15, 0.2) is 5.60 Å². The fourth-order valence-corrected chi connectivity index (χ4v) is 3.78. The van der Waals surface area contributed by atoms with Crippen molar-refractivity contribution in [2.45, 2.75) is 57.6 Å². The van der Waals surface area contributed by atoms with Gasteiger partial charge in [-0.3, -0.25) is 14.5 Å². The summed E-state index contributed by atoms with van der Waals surface area (Å²) >= 11 is 0. The van der Waals surface area contributed by atoms with Crippen LogP contribution in [0.1, 0.15) is 56.3 Å². The summed E-state index contributed by atoms with van der Waals surface area (Å²) in [6, 6.07) is 4.55. The number of ether oxygens (including phenoxy) is 1. The summed E-state index contributed by atoms with van der Waals surface area (Å²) in [6.45, 7) is 3.15. The van der Waals surface area contributed by atoms with Crippen molar-refractivity contribution in [1.82, 2.24) is 4.90 Å². The monoisotopic (exact) mass is 374 g/mol. The summed E-state index contributed by atoms with van der Waals surface area (Å²) in [5, 5.41) is 9.20. The maximum atomic E-state index is 12.9. The molecule has 1 aromatic carbocycles. The number of aromatic carboxylic acids is 1. The second-order valence-corrected chi connectivity index (χ2v) is 7.79. The lowest BCUT2D eigenvalue weighted by Gasteiger charge is -2.40. The van der Waals surface area contributed by atoms with Crippen molar-refractivity contribution >= 4 is 23.5 Å². The number of likely N-dealkylation sites (N-methyl/N-ethyl adjacent to an activating group) is 1. The molecule has 0 saturated heterocycles. The first kappa shape index (κ1) is 19.2. The molecule has 0 unspecified atom stereocenters. The van der Waals surface area contributed by atoms with Gasteiger partial charge in [0.1, 0.15) is 12.3 Å². The fourth-order valence-electron chi connectivity index (χ4n) is 3.78. The molecule has 1 aromatic rings. The Hall–Kier alpha value is -2.57. The Morgan fingerprint density at radius 1 is 1.26 bits per heavy atom. The number of benzene rings is 1. The Balaban J connectivity index is 1.86. The van der Waals surface area contributed by atoms with E-state index < -0.39 is 11.6 Å². The third-order valence-corrected chi connectivity index (χ3v) is 5.43. The SMILES string of the molecule is CN(C(=O)CN1C(=O)C(C)(C)Oc2cc(C(=O)O)ccc21)C1CCCCC1. The van der Waals surface area contributed by atoms with Gasteiger partial charge >= 0.3 is 5.97 Å². The Morgan fingerprint density at radius 3 is 2.56 bits per heavy atom. The zero-order chi connectivity index (χ0) is 19.8. The van der Waals surface area contributed by atoms with Crippen molar-refractivity contribution in [3.63, 3.8) is 0 Å². The van der Waals surface area contributed by atoms with E-state index in [9.17, 15) is 19.5 Å². The molecule has 1 heterocycles. The molecule has 27 heavy (non-hydrogen) atoms. The molecule has 0 atom stereocenters. The van der Waals surface area contributed by atoms with Crippen molar-refractivity contribution < 1.29 is 24.2 Å². The van der Waals surface area contributed by atoms with E-state index in [1.807, 2.05) is 0 Å². The molecule has 1 aliphatic heterocycles. The Bertz CT molecular complexity index is 768. The summed E-state index contributed by atoms with van der Waals surface area (Å²) in [7, 11) is 1.79. The van der Waals surface area contributed by atoms with E-state index in [-0.39, 0.29) is 30.0 Å². The van der Waals surface area contributed by atoms with E-state index in [0.717, 1.165) is 25.7 Å². The van der Waals surface area contributed by atoms with Gasteiger partial charge < -0.3 is 14.7 Å². The average molecular weight is 374 g/mol.